The van der Waals surface area contributed by atoms with Crippen LogP contribution in [0.2, 0.25) is 0 Å². The van der Waals surface area contributed by atoms with Gasteiger partial charge >= 0.3 is 12.0 Å². The summed E-state index contributed by atoms with van der Waals surface area (Å²) < 4.78 is 1.54. The molecule has 0 aliphatic rings. The van der Waals surface area contributed by atoms with Gasteiger partial charge in [-0.25, -0.2) is 14.3 Å². The summed E-state index contributed by atoms with van der Waals surface area (Å²) in [7, 11) is 0. The summed E-state index contributed by atoms with van der Waals surface area (Å²) in [6.07, 6.45) is 0. The minimum Gasteiger partial charge on any atom is -0.478 e. The molecule has 0 unspecified atom stereocenters. The number of benzene rings is 2. The number of carbonyl (C=O) groups is 2. The highest BCUT2D eigenvalue weighted by molar-refractivity contribution is 5.99. The number of carboxylic acid groups (broad SMARTS) is 1. The molecule has 0 aliphatic carbocycles. The lowest BCUT2D eigenvalue weighted by atomic mass is 9.92. The maximum absolute atomic E-state index is 12.4. The number of hydrogen-bond donors (Lipinski definition) is 3. The molecule has 7 nitrogen and oxygen atoms in total. The molecule has 0 aliphatic heterocycles. The first-order valence-corrected chi connectivity index (χ1v) is 8.81. The smallest absolute Gasteiger partial charge is 0.335 e. The van der Waals surface area contributed by atoms with Gasteiger partial charge in [0.1, 0.15) is 5.82 Å². The van der Waals surface area contributed by atoms with Crippen molar-refractivity contribution in [3.63, 3.8) is 0 Å². The Balaban J connectivity index is 1.95. The predicted octanol–water partition coefficient (Wildman–Crippen LogP) is 4.51. The molecule has 0 saturated carbocycles. The Hall–Kier alpha value is -3.61. The number of nitrogens with zero attached hydrogens (tertiary/aromatic N) is 2. The van der Waals surface area contributed by atoms with Gasteiger partial charge in [0.2, 0.25) is 0 Å². The molecule has 3 N–H and O–H groups in total. The van der Waals surface area contributed by atoms with Crippen LogP contribution in [0.15, 0.2) is 60.7 Å². The van der Waals surface area contributed by atoms with Gasteiger partial charge in [0.25, 0.3) is 0 Å². The molecule has 7 heteroatoms. The predicted molar refractivity (Wildman–Crippen MR) is 108 cm³/mol. The van der Waals surface area contributed by atoms with Gasteiger partial charge in [-0.1, -0.05) is 45.0 Å². The second-order valence-corrected chi connectivity index (χ2v) is 7.38. The van der Waals surface area contributed by atoms with Crippen LogP contribution in [0.5, 0.6) is 0 Å². The molecule has 0 spiro atoms. The normalized spacial score (nSPS) is 11.1. The molecule has 1 aromatic heterocycles. The van der Waals surface area contributed by atoms with Gasteiger partial charge in [0.05, 0.1) is 16.9 Å². The summed E-state index contributed by atoms with van der Waals surface area (Å²) in [5.41, 5.74) is 1.87. The number of aromatic carboxylic acids is 1. The van der Waals surface area contributed by atoms with Crippen molar-refractivity contribution in [3.8, 4) is 5.69 Å². The highest BCUT2D eigenvalue weighted by atomic mass is 16.4. The molecular weight excluding hydrogens is 356 g/mol. The van der Waals surface area contributed by atoms with Gasteiger partial charge in [-0.15, -0.1) is 0 Å². The highest BCUT2D eigenvalue weighted by Gasteiger charge is 2.22. The third-order valence-corrected chi connectivity index (χ3v) is 4.09. The molecule has 0 fully saturated rings. The zero-order valence-corrected chi connectivity index (χ0v) is 15.9. The summed E-state index contributed by atoms with van der Waals surface area (Å²) in [5, 5.41) is 19.4. The van der Waals surface area contributed by atoms with Crippen molar-refractivity contribution in [2.24, 2.45) is 0 Å². The number of hydrogen-bond acceptors (Lipinski definition) is 3. The Bertz CT molecular complexity index is 1000. The second kappa shape index (κ2) is 7.56. The topological polar surface area (TPSA) is 96.2 Å². The van der Waals surface area contributed by atoms with E-state index in [2.05, 4.69) is 15.7 Å². The molecule has 144 valence electrons. The molecule has 0 bridgehead atoms. The largest absolute Gasteiger partial charge is 0.478 e. The van der Waals surface area contributed by atoms with Gasteiger partial charge in [-0.05, 0) is 30.3 Å². The van der Waals surface area contributed by atoms with E-state index in [0.29, 0.717) is 17.2 Å². The van der Waals surface area contributed by atoms with Crippen LogP contribution in [0.4, 0.5) is 16.3 Å². The minimum atomic E-state index is -1.03. The van der Waals surface area contributed by atoms with Gasteiger partial charge in [0.15, 0.2) is 0 Å². The number of para-hydroxylation sites is 1. The summed E-state index contributed by atoms with van der Waals surface area (Å²) in [6, 6.07) is 16.9. The molecule has 1 heterocycles. The summed E-state index contributed by atoms with van der Waals surface area (Å²) >= 11 is 0. The summed E-state index contributed by atoms with van der Waals surface area (Å²) in [4.78, 5) is 23.7. The first kappa shape index (κ1) is 19.2. The van der Waals surface area contributed by atoms with Crippen molar-refractivity contribution < 1.29 is 14.7 Å². The fourth-order valence-corrected chi connectivity index (χ4v) is 2.60. The zero-order valence-electron chi connectivity index (χ0n) is 15.9. The van der Waals surface area contributed by atoms with Crippen LogP contribution in [0.3, 0.4) is 0 Å². The monoisotopic (exact) mass is 378 g/mol. The van der Waals surface area contributed by atoms with Gasteiger partial charge < -0.3 is 10.4 Å². The Kier molecular flexibility index (Phi) is 5.17. The van der Waals surface area contributed by atoms with Crippen LogP contribution >= 0.6 is 0 Å². The first-order chi connectivity index (χ1) is 13.2. The quantitative estimate of drug-likeness (QED) is 0.622. The molecule has 3 rings (SSSR count). The lowest BCUT2D eigenvalue weighted by molar-refractivity contribution is 0.0697. The molecule has 28 heavy (non-hydrogen) atoms. The Morgan fingerprint density at radius 1 is 0.964 bits per heavy atom. The van der Waals surface area contributed by atoms with E-state index in [9.17, 15) is 14.7 Å². The third kappa shape index (κ3) is 4.37. The van der Waals surface area contributed by atoms with E-state index in [1.807, 2.05) is 39.0 Å². The van der Waals surface area contributed by atoms with E-state index in [1.54, 1.807) is 30.3 Å². The number of anilines is 2. The summed E-state index contributed by atoms with van der Waals surface area (Å²) in [5.74, 6) is -0.581. The molecular formula is C21H22N4O3. The highest BCUT2D eigenvalue weighted by Crippen LogP contribution is 2.26. The van der Waals surface area contributed by atoms with Crippen molar-refractivity contribution in [3.05, 3.63) is 71.9 Å². The Labute approximate surface area is 163 Å². The SMILES string of the molecule is CC(C)(C)c1cc(NC(=O)Nc2ccccc2)n(-c2cccc(C(=O)O)c2)n1. The van der Waals surface area contributed by atoms with Crippen LogP contribution in [-0.4, -0.2) is 26.9 Å². The van der Waals surface area contributed by atoms with Crippen LogP contribution in [0, 0.1) is 0 Å². The number of carbonyl (C=O) groups excluding carboxylic acids is 1. The first-order valence-electron chi connectivity index (χ1n) is 8.81. The van der Waals surface area contributed by atoms with Crippen LogP contribution < -0.4 is 10.6 Å². The fraction of sp³-hybridized carbons (Fsp3) is 0.190. The van der Waals surface area contributed by atoms with Gasteiger partial charge in [-0.2, -0.15) is 5.10 Å². The van der Waals surface area contributed by atoms with Crippen molar-refractivity contribution in [2.45, 2.75) is 26.2 Å². The molecule has 0 radical (unpaired) electrons. The van der Waals surface area contributed by atoms with Crippen LogP contribution in [0.25, 0.3) is 5.69 Å². The number of amides is 2. The van der Waals surface area contributed by atoms with Crippen molar-refractivity contribution in [1.29, 1.82) is 0 Å². The molecule has 3 aromatic rings. The number of nitrogens with one attached hydrogen (secondary N) is 2. The summed E-state index contributed by atoms with van der Waals surface area (Å²) in [6.45, 7) is 6.05. The van der Waals surface area contributed by atoms with Gasteiger partial charge in [-0.3, -0.25) is 5.32 Å². The van der Waals surface area contributed by atoms with Crippen LogP contribution in [-0.2, 0) is 5.41 Å². The maximum atomic E-state index is 12.4. The second-order valence-electron chi connectivity index (χ2n) is 7.38. The maximum Gasteiger partial charge on any atom is 0.335 e. The number of urea groups is 1. The molecule has 0 saturated heterocycles. The third-order valence-electron chi connectivity index (χ3n) is 4.09. The average Bonchev–Trinajstić information content (AvgIpc) is 3.06. The van der Waals surface area contributed by atoms with Crippen molar-refractivity contribution >= 4 is 23.5 Å². The van der Waals surface area contributed by atoms with E-state index < -0.39 is 12.0 Å². The van der Waals surface area contributed by atoms with Crippen molar-refractivity contribution in [1.82, 2.24) is 9.78 Å². The van der Waals surface area contributed by atoms with Crippen molar-refractivity contribution in [2.75, 3.05) is 10.6 Å². The van der Waals surface area contributed by atoms with Crippen LogP contribution in [0.1, 0.15) is 36.8 Å². The van der Waals surface area contributed by atoms with E-state index in [1.165, 1.54) is 16.8 Å². The Morgan fingerprint density at radius 2 is 1.68 bits per heavy atom. The zero-order chi connectivity index (χ0) is 20.3. The number of carboxylic acids is 1. The standard InChI is InChI=1S/C21H22N4O3/c1-21(2,3)17-13-18(23-20(28)22-15-9-5-4-6-10-15)25(24-17)16-11-7-8-14(12-16)19(26)27/h4-13H,1-3H3,(H,26,27)(H2,22,23,28). The Morgan fingerprint density at radius 3 is 2.32 bits per heavy atom. The van der Waals surface area contributed by atoms with Gasteiger partial charge in [0, 0.05) is 17.2 Å². The fourth-order valence-electron chi connectivity index (χ4n) is 2.60. The van der Waals surface area contributed by atoms with E-state index in [4.69, 9.17) is 0 Å². The van der Waals surface area contributed by atoms with E-state index in [0.717, 1.165) is 5.69 Å². The lowest BCUT2D eigenvalue weighted by Gasteiger charge is -2.14. The molecule has 2 amide bonds. The molecule has 2 aromatic carbocycles. The number of rotatable bonds is 4. The van der Waals surface area contributed by atoms with E-state index >= 15 is 0 Å². The minimum absolute atomic E-state index is 0.144. The molecule has 0 atom stereocenters. The lowest BCUT2D eigenvalue weighted by Crippen LogP contribution is -2.21. The average molecular weight is 378 g/mol. The number of aromatic nitrogens is 2. The van der Waals surface area contributed by atoms with E-state index in [-0.39, 0.29) is 11.0 Å².